The van der Waals surface area contributed by atoms with E-state index in [4.69, 9.17) is 16.3 Å². The molecule has 2 rings (SSSR count). The van der Waals surface area contributed by atoms with Gasteiger partial charge in [0.05, 0.1) is 6.10 Å². The molecule has 1 aromatic carbocycles. The van der Waals surface area contributed by atoms with Crippen LogP contribution in [0.2, 0.25) is 5.02 Å². The third-order valence-electron chi connectivity index (χ3n) is 3.61. The Morgan fingerprint density at radius 2 is 2.06 bits per heavy atom. The van der Waals surface area contributed by atoms with E-state index in [1.807, 2.05) is 19.1 Å². The molecule has 0 bridgehead atoms. The van der Waals surface area contributed by atoms with Crippen LogP contribution in [-0.2, 0) is 0 Å². The van der Waals surface area contributed by atoms with Gasteiger partial charge >= 0.3 is 0 Å². The van der Waals surface area contributed by atoms with Gasteiger partial charge in [-0.05, 0) is 55.4 Å². The van der Waals surface area contributed by atoms with E-state index in [1.165, 1.54) is 0 Å². The molecule has 0 amide bonds. The fourth-order valence-electron chi connectivity index (χ4n) is 2.44. The first kappa shape index (κ1) is 13.7. The third-order valence-corrected chi connectivity index (χ3v) is 3.94. The molecule has 0 heterocycles. The molecule has 1 aromatic rings. The van der Waals surface area contributed by atoms with Crippen LogP contribution in [0.15, 0.2) is 12.1 Å². The van der Waals surface area contributed by atoms with Gasteiger partial charge < -0.3 is 9.84 Å². The van der Waals surface area contributed by atoms with E-state index in [0.29, 0.717) is 5.92 Å². The van der Waals surface area contributed by atoms with Gasteiger partial charge in [-0.25, -0.2) is 0 Å². The summed E-state index contributed by atoms with van der Waals surface area (Å²) in [5.41, 5.74) is 2.13. The van der Waals surface area contributed by atoms with E-state index in [9.17, 15) is 5.11 Å². The van der Waals surface area contributed by atoms with Gasteiger partial charge in [0.25, 0.3) is 0 Å². The zero-order valence-electron chi connectivity index (χ0n) is 11.2. The van der Waals surface area contributed by atoms with E-state index >= 15 is 0 Å². The average molecular weight is 269 g/mol. The summed E-state index contributed by atoms with van der Waals surface area (Å²) in [6.07, 6.45) is 2.41. The molecule has 1 aliphatic carbocycles. The monoisotopic (exact) mass is 268 g/mol. The zero-order valence-corrected chi connectivity index (χ0v) is 12.0. The van der Waals surface area contributed by atoms with Crippen molar-refractivity contribution in [3.63, 3.8) is 0 Å². The van der Waals surface area contributed by atoms with Gasteiger partial charge in [-0.2, -0.15) is 0 Å². The molecule has 18 heavy (non-hydrogen) atoms. The van der Waals surface area contributed by atoms with Gasteiger partial charge in [-0.15, -0.1) is 0 Å². The van der Waals surface area contributed by atoms with Gasteiger partial charge in [-0.1, -0.05) is 25.4 Å². The Labute approximate surface area is 114 Å². The number of hydrogen-bond donors (Lipinski definition) is 1. The summed E-state index contributed by atoms with van der Waals surface area (Å²) in [6.45, 7) is 6.22. The minimum absolute atomic E-state index is 0.0649. The van der Waals surface area contributed by atoms with E-state index < -0.39 is 0 Å². The van der Waals surface area contributed by atoms with E-state index in [2.05, 4.69) is 13.8 Å². The lowest BCUT2D eigenvalue weighted by molar-refractivity contribution is 0.0599. The quantitative estimate of drug-likeness (QED) is 0.896. The Kier molecular flexibility index (Phi) is 4.18. The molecule has 3 heteroatoms. The van der Waals surface area contributed by atoms with E-state index in [0.717, 1.165) is 41.2 Å². The Balaban J connectivity index is 2.24. The Morgan fingerprint density at radius 1 is 1.33 bits per heavy atom. The van der Waals surface area contributed by atoms with Crippen LogP contribution in [0.3, 0.4) is 0 Å². The van der Waals surface area contributed by atoms with Gasteiger partial charge in [0.15, 0.2) is 0 Å². The Bertz CT molecular complexity index is 429. The maximum Gasteiger partial charge on any atom is 0.124 e. The topological polar surface area (TPSA) is 29.5 Å². The summed E-state index contributed by atoms with van der Waals surface area (Å²) in [6, 6.07) is 3.97. The summed E-state index contributed by atoms with van der Waals surface area (Å²) >= 11 is 6.24. The molecule has 0 aromatic heterocycles. The molecular weight excluding hydrogens is 248 g/mol. The molecule has 0 unspecified atom stereocenters. The summed E-state index contributed by atoms with van der Waals surface area (Å²) in [7, 11) is 0. The normalized spacial score (nSPS) is 23.7. The zero-order chi connectivity index (χ0) is 13.3. The SMILES string of the molecule is Cc1cc(Cl)c(C(C)C)cc1O[C@H]1CCC[C@@H]1O. The highest BCUT2D eigenvalue weighted by atomic mass is 35.5. The minimum atomic E-state index is -0.331. The maximum absolute atomic E-state index is 9.82. The van der Waals surface area contributed by atoms with Gasteiger partial charge in [0.1, 0.15) is 11.9 Å². The highest BCUT2D eigenvalue weighted by Gasteiger charge is 2.27. The van der Waals surface area contributed by atoms with Crippen LogP contribution in [0.1, 0.15) is 50.2 Å². The van der Waals surface area contributed by atoms with Crippen molar-refractivity contribution in [1.29, 1.82) is 0 Å². The first-order valence-electron chi connectivity index (χ1n) is 6.63. The molecular formula is C15H21ClO2. The number of halogens is 1. The maximum atomic E-state index is 9.82. The first-order chi connectivity index (χ1) is 8.49. The molecule has 2 atom stereocenters. The van der Waals surface area contributed by atoms with Crippen LogP contribution in [-0.4, -0.2) is 17.3 Å². The molecule has 0 saturated heterocycles. The predicted octanol–water partition coefficient (Wildman–Crippen LogP) is 4.06. The molecule has 1 fully saturated rings. The summed E-state index contributed by atoms with van der Waals surface area (Å²) in [4.78, 5) is 0. The molecule has 1 aliphatic rings. The number of ether oxygens (including phenoxy) is 1. The molecule has 0 spiro atoms. The highest BCUT2D eigenvalue weighted by molar-refractivity contribution is 6.31. The van der Waals surface area contributed by atoms with Gasteiger partial charge in [0, 0.05) is 5.02 Å². The minimum Gasteiger partial charge on any atom is -0.487 e. The van der Waals surface area contributed by atoms with Crippen molar-refractivity contribution in [3.05, 3.63) is 28.3 Å². The van der Waals surface area contributed by atoms with Crippen molar-refractivity contribution in [2.75, 3.05) is 0 Å². The van der Waals surface area contributed by atoms with Crippen LogP contribution >= 0.6 is 11.6 Å². The van der Waals surface area contributed by atoms with Crippen molar-refractivity contribution < 1.29 is 9.84 Å². The van der Waals surface area contributed by atoms with Gasteiger partial charge in [-0.3, -0.25) is 0 Å². The van der Waals surface area contributed by atoms with Crippen LogP contribution in [0.25, 0.3) is 0 Å². The van der Waals surface area contributed by atoms with E-state index in [-0.39, 0.29) is 12.2 Å². The summed E-state index contributed by atoms with van der Waals surface area (Å²) < 4.78 is 5.96. The molecule has 0 radical (unpaired) electrons. The van der Waals surface area contributed by atoms with Gasteiger partial charge in [0.2, 0.25) is 0 Å². The average Bonchev–Trinajstić information content (AvgIpc) is 2.67. The largest absolute Gasteiger partial charge is 0.487 e. The number of benzene rings is 1. The fraction of sp³-hybridized carbons (Fsp3) is 0.600. The Morgan fingerprint density at radius 3 is 2.61 bits per heavy atom. The Hall–Kier alpha value is -0.730. The summed E-state index contributed by atoms with van der Waals surface area (Å²) in [5.74, 6) is 1.23. The first-order valence-corrected chi connectivity index (χ1v) is 7.01. The molecule has 0 aliphatic heterocycles. The second-order valence-electron chi connectivity index (χ2n) is 5.45. The number of hydrogen-bond acceptors (Lipinski definition) is 2. The molecule has 100 valence electrons. The van der Waals surface area contributed by atoms with E-state index in [1.54, 1.807) is 0 Å². The smallest absolute Gasteiger partial charge is 0.124 e. The van der Waals surface area contributed by atoms with Crippen LogP contribution in [0.4, 0.5) is 0 Å². The lowest BCUT2D eigenvalue weighted by atomic mass is 10.0. The molecule has 1 saturated carbocycles. The number of aliphatic hydroxyl groups is 1. The fourth-order valence-corrected chi connectivity index (χ4v) is 2.88. The number of aliphatic hydroxyl groups excluding tert-OH is 1. The molecule has 2 nitrogen and oxygen atoms in total. The lowest BCUT2D eigenvalue weighted by Gasteiger charge is -2.20. The van der Waals surface area contributed by atoms with Crippen molar-refractivity contribution >= 4 is 11.6 Å². The standard InChI is InChI=1S/C15H21ClO2/c1-9(2)11-8-15(10(3)7-12(11)16)18-14-6-4-5-13(14)17/h7-9,13-14,17H,4-6H2,1-3H3/t13-,14-/m0/s1. The number of rotatable bonds is 3. The molecule has 1 N–H and O–H groups in total. The lowest BCUT2D eigenvalue weighted by Crippen LogP contribution is -2.26. The highest BCUT2D eigenvalue weighted by Crippen LogP contribution is 2.33. The van der Waals surface area contributed by atoms with Crippen molar-refractivity contribution in [2.45, 2.75) is 58.2 Å². The van der Waals surface area contributed by atoms with Crippen LogP contribution in [0.5, 0.6) is 5.75 Å². The predicted molar refractivity (Wildman–Crippen MR) is 74.6 cm³/mol. The second kappa shape index (κ2) is 5.50. The van der Waals surface area contributed by atoms with Crippen molar-refractivity contribution in [3.8, 4) is 5.75 Å². The van der Waals surface area contributed by atoms with Crippen molar-refractivity contribution in [1.82, 2.24) is 0 Å². The van der Waals surface area contributed by atoms with Crippen LogP contribution < -0.4 is 4.74 Å². The summed E-state index contributed by atoms with van der Waals surface area (Å²) in [5, 5.41) is 10.6. The van der Waals surface area contributed by atoms with Crippen LogP contribution in [0, 0.1) is 6.92 Å². The number of aryl methyl sites for hydroxylation is 1. The third kappa shape index (κ3) is 2.81. The second-order valence-corrected chi connectivity index (χ2v) is 5.86. The van der Waals surface area contributed by atoms with Crippen molar-refractivity contribution in [2.24, 2.45) is 0 Å².